The first-order chi connectivity index (χ1) is 11.8. The third kappa shape index (κ3) is 3.60. The van der Waals surface area contributed by atoms with Crippen molar-refractivity contribution in [1.29, 1.82) is 0 Å². The van der Waals surface area contributed by atoms with E-state index in [9.17, 15) is 14.4 Å². The summed E-state index contributed by atoms with van der Waals surface area (Å²) in [4.78, 5) is 39.1. The first-order valence-corrected chi connectivity index (χ1v) is 8.43. The van der Waals surface area contributed by atoms with Gasteiger partial charge in [-0.25, -0.2) is 9.59 Å². The Morgan fingerprint density at radius 3 is 2.52 bits per heavy atom. The van der Waals surface area contributed by atoms with Crippen molar-refractivity contribution in [2.45, 2.75) is 45.9 Å². The predicted octanol–water partition coefficient (Wildman–Crippen LogP) is 2.67. The molecule has 2 aliphatic heterocycles. The van der Waals surface area contributed by atoms with Crippen LogP contribution in [0.5, 0.6) is 0 Å². The van der Waals surface area contributed by atoms with Crippen molar-refractivity contribution in [3.8, 4) is 0 Å². The van der Waals surface area contributed by atoms with Crippen LogP contribution >= 0.6 is 0 Å². The minimum atomic E-state index is -0.559. The van der Waals surface area contributed by atoms with Crippen molar-refractivity contribution >= 4 is 24.1 Å². The van der Waals surface area contributed by atoms with Crippen molar-refractivity contribution in [2.24, 2.45) is 0 Å². The van der Waals surface area contributed by atoms with Crippen LogP contribution in [0.15, 0.2) is 12.1 Å². The molecule has 1 saturated heterocycles. The Hall–Kier alpha value is -2.57. The molecule has 0 aliphatic carbocycles. The molecule has 0 spiro atoms. The van der Waals surface area contributed by atoms with E-state index < -0.39 is 5.60 Å². The average molecular weight is 345 g/mol. The van der Waals surface area contributed by atoms with Crippen LogP contribution in [0.2, 0.25) is 0 Å². The van der Waals surface area contributed by atoms with Gasteiger partial charge in [-0.2, -0.15) is 0 Å². The van der Waals surface area contributed by atoms with Crippen LogP contribution in [0.1, 0.15) is 48.7 Å². The summed E-state index contributed by atoms with van der Waals surface area (Å²) in [5, 5.41) is 2.79. The van der Waals surface area contributed by atoms with Crippen LogP contribution in [-0.2, 0) is 17.8 Å². The third-order valence-corrected chi connectivity index (χ3v) is 4.22. The molecule has 7 nitrogen and oxygen atoms in total. The van der Waals surface area contributed by atoms with E-state index in [1.54, 1.807) is 15.9 Å². The summed E-state index contributed by atoms with van der Waals surface area (Å²) in [5.41, 5.74) is 2.34. The van der Waals surface area contributed by atoms with E-state index in [1.807, 2.05) is 26.8 Å². The number of rotatable bonds is 2. The Balaban J connectivity index is 1.86. The average Bonchev–Trinajstić information content (AvgIpc) is 2.95. The maximum atomic E-state index is 12.3. The third-order valence-electron chi connectivity index (χ3n) is 4.22. The molecule has 0 radical (unpaired) electrons. The van der Waals surface area contributed by atoms with Gasteiger partial charge in [0.2, 0.25) is 0 Å². The van der Waals surface area contributed by atoms with Gasteiger partial charge >= 0.3 is 12.1 Å². The first kappa shape index (κ1) is 17.3. The van der Waals surface area contributed by atoms with Gasteiger partial charge in [-0.05, 0) is 50.5 Å². The highest BCUT2D eigenvalue weighted by Gasteiger charge is 2.30. The molecule has 2 heterocycles. The van der Waals surface area contributed by atoms with Crippen molar-refractivity contribution in [3.63, 3.8) is 0 Å². The van der Waals surface area contributed by atoms with Gasteiger partial charge in [-0.15, -0.1) is 0 Å². The zero-order valence-electron chi connectivity index (χ0n) is 14.8. The lowest BCUT2D eigenvalue weighted by Crippen LogP contribution is -2.46. The van der Waals surface area contributed by atoms with E-state index in [1.165, 1.54) is 0 Å². The maximum absolute atomic E-state index is 12.3. The molecule has 25 heavy (non-hydrogen) atoms. The second kappa shape index (κ2) is 6.38. The fraction of sp³-hybridized carbons (Fsp3) is 0.500. The van der Waals surface area contributed by atoms with Gasteiger partial charge in [0.15, 0.2) is 6.29 Å². The normalized spacial score (nSPS) is 17.2. The summed E-state index contributed by atoms with van der Waals surface area (Å²) in [6.07, 6.45) is 1.20. The van der Waals surface area contributed by atoms with Gasteiger partial charge in [0.1, 0.15) is 5.60 Å². The number of urea groups is 1. The topological polar surface area (TPSA) is 79.0 Å². The molecule has 1 N–H and O–H groups in total. The summed E-state index contributed by atoms with van der Waals surface area (Å²) in [5.74, 6) is 0. The van der Waals surface area contributed by atoms with Crippen LogP contribution in [0.25, 0.3) is 0 Å². The number of benzene rings is 1. The first-order valence-electron chi connectivity index (χ1n) is 8.43. The number of aldehydes is 1. The highest BCUT2D eigenvalue weighted by Crippen LogP contribution is 2.31. The summed E-state index contributed by atoms with van der Waals surface area (Å²) >= 11 is 0. The molecule has 1 aromatic carbocycles. The summed E-state index contributed by atoms with van der Waals surface area (Å²) in [7, 11) is 0. The summed E-state index contributed by atoms with van der Waals surface area (Å²) in [6, 6.07) is 3.41. The molecule has 3 amide bonds. The number of nitrogens with zero attached hydrogens (tertiary/aromatic N) is 2. The highest BCUT2D eigenvalue weighted by atomic mass is 16.6. The van der Waals surface area contributed by atoms with Gasteiger partial charge in [-0.1, -0.05) is 0 Å². The summed E-state index contributed by atoms with van der Waals surface area (Å²) in [6.45, 7) is 7.50. The highest BCUT2D eigenvalue weighted by molar-refractivity contribution is 5.98. The van der Waals surface area contributed by atoms with Crippen molar-refractivity contribution in [2.75, 3.05) is 18.0 Å². The fourth-order valence-corrected chi connectivity index (χ4v) is 3.10. The molecule has 7 heteroatoms. The van der Waals surface area contributed by atoms with Crippen LogP contribution in [0.4, 0.5) is 15.3 Å². The van der Waals surface area contributed by atoms with Gasteiger partial charge in [0.25, 0.3) is 0 Å². The van der Waals surface area contributed by atoms with E-state index in [0.717, 1.165) is 23.8 Å². The molecule has 0 saturated carbocycles. The number of nitrogens with one attached hydrogen (secondary N) is 1. The second-order valence-electron chi connectivity index (χ2n) is 7.37. The Bertz CT molecular complexity index is 724. The van der Waals surface area contributed by atoms with E-state index in [0.29, 0.717) is 37.4 Å². The molecule has 0 bridgehead atoms. The van der Waals surface area contributed by atoms with Crippen LogP contribution in [-0.4, -0.2) is 42.0 Å². The molecular formula is C18H23N3O4. The molecule has 1 fully saturated rings. The molecule has 0 atom stereocenters. The van der Waals surface area contributed by atoms with Gasteiger partial charge in [0, 0.05) is 31.7 Å². The number of carbonyl (C=O) groups excluding carboxylic acids is 3. The zero-order chi connectivity index (χ0) is 18.2. The lowest BCUT2D eigenvalue weighted by molar-refractivity contribution is 0.0241. The zero-order valence-corrected chi connectivity index (χ0v) is 14.8. The monoisotopic (exact) mass is 345 g/mol. The lowest BCUT2D eigenvalue weighted by atomic mass is 10.0. The number of hydrogen-bond acceptors (Lipinski definition) is 4. The van der Waals surface area contributed by atoms with E-state index in [-0.39, 0.29) is 12.1 Å². The van der Waals surface area contributed by atoms with Gasteiger partial charge < -0.3 is 10.1 Å². The quantitative estimate of drug-likeness (QED) is 0.836. The maximum Gasteiger partial charge on any atom is 0.410 e. The summed E-state index contributed by atoms with van der Waals surface area (Å²) < 4.78 is 5.42. The minimum absolute atomic E-state index is 0.198. The number of anilines is 1. The van der Waals surface area contributed by atoms with E-state index in [4.69, 9.17) is 4.74 Å². The Labute approximate surface area is 146 Å². The number of hydrogen-bond donors (Lipinski definition) is 1. The van der Waals surface area contributed by atoms with Crippen molar-refractivity contribution in [1.82, 2.24) is 10.2 Å². The second-order valence-corrected chi connectivity index (χ2v) is 7.37. The fourth-order valence-electron chi connectivity index (χ4n) is 3.10. The molecule has 2 aliphatic rings. The molecule has 1 aromatic rings. The van der Waals surface area contributed by atoms with Crippen LogP contribution < -0.4 is 10.2 Å². The molecule has 0 aromatic heterocycles. The van der Waals surface area contributed by atoms with Gasteiger partial charge in [-0.3, -0.25) is 14.6 Å². The largest absolute Gasteiger partial charge is 0.444 e. The van der Waals surface area contributed by atoms with E-state index >= 15 is 0 Å². The molecule has 0 unspecified atom stereocenters. The van der Waals surface area contributed by atoms with Crippen LogP contribution in [0.3, 0.4) is 0 Å². The minimum Gasteiger partial charge on any atom is -0.444 e. The Morgan fingerprint density at radius 1 is 1.24 bits per heavy atom. The lowest BCUT2D eigenvalue weighted by Gasteiger charge is -2.28. The van der Waals surface area contributed by atoms with Crippen molar-refractivity contribution in [3.05, 3.63) is 28.8 Å². The van der Waals surface area contributed by atoms with Crippen LogP contribution in [0, 0.1) is 0 Å². The molecule has 134 valence electrons. The predicted molar refractivity (Wildman–Crippen MR) is 92.7 cm³/mol. The standard InChI is InChI=1S/C18H23N3O4/c1-18(2,3)25-17(24)20-9-12-7-14(11-22)15(8-13(12)10-20)21-6-4-5-19-16(21)23/h7-8,11H,4-6,9-10H2,1-3H3,(H,19,23). The van der Waals surface area contributed by atoms with Crippen molar-refractivity contribution < 1.29 is 19.1 Å². The smallest absolute Gasteiger partial charge is 0.410 e. The number of ether oxygens (including phenoxy) is 1. The SMILES string of the molecule is CC(C)(C)OC(=O)N1Cc2cc(C=O)c(N3CCCNC3=O)cc2C1. The number of fused-ring (bicyclic) bond motifs is 1. The Kier molecular flexibility index (Phi) is 4.41. The molecular weight excluding hydrogens is 322 g/mol. The number of carbonyl (C=O) groups is 3. The van der Waals surface area contributed by atoms with Gasteiger partial charge in [0.05, 0.1) is 5.69 Å². The number of amides is 3. The van der Waals surface area contributed by atoms with E-state index in [2.05, 4.69) is 5.32 Å². The Morgan fingerprint density at radius 2 is 1.92 bits per heavy atom. The molecule has 3 rings (SSSR count).